The van der Waals surface area contributed by atoms with Gasteiger partial charge in [0.05, 0.1) is 5.51 Å². The van der Waals surface area contributed by atoms with E-state index in [4.69, 9.17) is 4.52 Å². The number of nitrogens with one attached hydrogen (secondary N) is 1. The SMILES string of the molecule is c1nc(-c2nc(C3CCNCC3)no2)cs1. The first-order valence-corrected chi connectivity index (χ1v) is 6.30. The second-order valence-corrected chi connectivity index (χ2v) is 4.57. The number of hydrogen-bond acceptors (Lipinski definition) is 6. The molecule has 1 saturated heterocycles. The summed E-state index contributed by atoms with van der Waals surface area (Å²) in [6, 6.07) is 0. The summed E-state index contributed by atoms with van der Waals surface area (Å²) in [6.07, 6.45) is 2.16. The third kappa shape index (κ3) is 1.85. The average Bonchev–Trinajstić information content (AvgIpc) is 3.01. The van der Waals surface area contributed by atoms with Gasteiger partial charge < -0.3 is 9.84 Å². The average molecular weight is 236 g/mol. The number of piperidine rings is 1. The monoisotopic (exact) mass is 236 g/mol. The predicted octanol–water partition coefficient (Wildman–Crippen LogP) is 1.66. The van der Waals surface area contributed by atoms with Crippen LogP contribution in [0.4, 0.5) is 0 Å². The van der Waals surface area contributed by atoms with Crippen LogP contribution in [-0.4, -0.2) is 28.2 Å². The molecule has 0 radical (unpaired) electrons. The van der Waals surface area contributed by atoms with Crippen molar-refractivity contribution in [3.63, 3.8) is 0 Å². The third-order valence-electron chi connectivity index (χ3n) is 2.80. The number of rotatable bonds is 2. The van der Waals surface area contributed by atoms with Gasteiger partial charge in [0.25, 0.3) is 5.89 Å². The molecule has 16 heavy (non-hydrogen) atoms. The maximum absolute atomic E-state index is 5.22. The normalized spacial score (nSPS) is 17.8. The number of thiazole rings is 1. The Hall–Kier alpha value is -1.27. The fourth-order valence-electron chi connectivity index (χ4n) is 1.90. The highest BCUT2D eigenvalue weighted by Crippen LogP contribution is 2.25. The van der Waals surface area contributed by atoms with Gasteiger partial charge in [0, 0.05) is 11.3 Å². The maximum Gasteiger partial charge on any atom is 0.277 e. The molecule has 2 aromatic heterocycles. The van der Waals surface area contributed by atoms with Gasteiger partial charge >= 0.3 is 0 Å². The molecule has 0 bridgehead atoms. The molecule has 3 rings (SSSR count). The van der Waals surface area contributed by atoms with Crippen LogP contribution in [0.15, 0.2) is 15.4 Å². The van der Waals surface area contributed by atoms with Crippen LogP contribution in [0.2, 0.25) is 0 Å². The number of aromatic nitrogens is 3. The lowest BCUT2D eigenvalue weighted by atomic mass is 9.98. The lowest BCUT2D eigenvalue weighted by Crippen LogP contribution is -2.27. The van der Waals surface area contributed by atoms with E-state index in [0.717, 1.165) is 37.4 Å². The molecule has 0 atom stereocenters. The maximum atomic E-state index is 5.22. The minimum absolute atomic E-state index is 0.428. The van der Waals surface area contributed by atoms with Crippen molar-refractivity contribution >= 4 is 11.3 Å². The Morgan fingerprint density at radius 3 is 3.00 bits per heavy atom. The molecule has 6 heteroatoms. The summed E-state index contributed by atoms with van der Waals surface area (Å²) >= 11 is 1.53. The van der Waals surface area contributed by atoms with Crippen molar-refractivity contribution in [3.8, 4) is 11.6 Å². The Morgan fingerprint density at radius 2 is 2.25 bits per heavy atom. The molecule has 0 aliphatic carbocycles. The molecule has 1 aliphatic heterocycles. The van der Waals surface area contributed by atoms with E-state index in [1.807, 2.05) is 5.38 Å². The number of hydrogen-bond donors (Lipinski definition) is 1. The van der Waals surface area contributed by atoms with E-state index >= 15 is 0 Å². The zero-order chi connectivity index (χ0) is 10.8. The fourth-order valence-corrected chi connectivity index (χ4v) is 2.43. The van der Waals surface area contributed by atoms with Crippen LogP contribution in [0.5, 0.6) is 0 Å². The van der Waals surface area contributed by atoms with Gasteiger partial charge in [0.15, 0.2) is 5.82 Å². The van der Waals surface area contributed by atoms with Crippen molar-refractivity contribution in [3.05, 3.63) is 16.7 Å². The Morgan fingerprint density at radius 1 is 1.38 bits per heavy atom. The van der Waals surface area contributed by atoms with Gasteiger partial charge in [0.1, 0.15) is 5.69 Å². The first kappa shape index (κ1) is 9.92. The van der Waals surface area contributed by atoms with Gasteiger partial charge in [-0.25, -0.2) is 4.98 Å². The van der Waals surface area contributed by atoms with Crippen LogP contribution in [0.1, 0.15) is 24.6 Å². The lowest BCUT2D eigenvalue weighted by molar-refractivity contribution is 0.391. The molecule has 1 aliphatic rings. The van der Waals surface area contributed by atoms with Crippen molar-refractivity contribution in [1.82, 2.24) is 20.4 Å². The van der Waals surface area contributed by atoms with Crippen molar-refractivity contribution in [2.75, 3.05) is 13.1 Å². The number of nitrogens with zero attached hydrogens (tertiary/aromatic N) is 3. The topological polar surface area (TPSA) is 63.8 Å². The summed E-state index contributed by atoms with van der Waals surface area (Å²) in [4.78, 5) is 8.57. The molecule has 2 aromatic rings. The van der Waals surface area contributed by atoms with E-state index in [1.54, 1.807) is 5.51 Å². The van der Waals surface area contributed by atoms with E-state index in [0.29, 0.717) is 11.8 Å². The molecular weight excluding hydrogens is 224 g/mol. The van der Waals surface area contributed by atoms with Crippen LogP contribution in [0, 0.1) is 0 Å². The van der Waals surface area contributed by atoms with Crippen molar-refractivity contribution < 1.29 is 4.52 Å². The zero-order valence-corrected chi connectivity index (χ0v) is 9.54. The van der Waals surface area contributed by atoms with E-state index in [9.17, 15) is 0 Å². The summed E-state index contributed by atoms with van der Waals surface area (Å²) in [5.74, 6) is 1.79. The van der Waals surface area contributed by atoms with Gasteiger partial charge in [-0.2, -0.15) is 4.98 Å². The largest absolute Gasteiger partial charge is 0.332 e. The summed E-state index contributed by atoms with van der Waals surface area (Å²) in [7, 11) is 0. The van der Waals surface area contributed by atoms with Gasteiger partial charge in [-0.1, -0.05) is 5.16 Å². The minimum atomic E-state index is 0.428. The van der Waals surface area contributed by atoms with Crippen molar-refractivity contribution in [2.45, 2.75) is 18.8 Å². The van der Waals surface area contributed by atoms with E-state index in [2.05, 4.69) is 20.4 Å². The highest BCUT2D eigenvalue weighted by Gasteiger charge is 2.21. The van der Waals surface area contributed by atoms with Crippen LogP contribution >= 0.6 is 11.3 Å². The predicted molar refractivity (Wildman–Crippen MR) is 60.3 cm³/mol. The van der Waals surface area contributed by atoms with Gasteiger partial charge in [-0.3, -0.25) is 0 Å². The highest BCUT2D eigenvalue weighted by atomic mass is 32.1. The smallest absolute Gasteiger partial charge is 0.277 e. The first-order chi connectivity index (χ1) is 7.93. The van der Waals surface area contributed by atoms with Crippen LogP contribution in [-0.2, 0) is 0 Å². The van der Waals surface area contributed by atoms with E-state index in [1.165, 1.54) is 11.3 Å². The molecule has 1 N–H and O–H groups in total. The standard InChI is InChI=1S/C10H12N4OS/c1-3-11-4-2-7(1)9-13-10(15-14-9)8-5-16-6-12-8/h5-7,11H,1-4H2. The zero-order valence-electron chi connectivity index (χ0n) is 8.72. The highest BCUT2D eigenvalue weighted by molar-refractivity contribution is 7.07. The Balaban J connectivity index is 1.82. The molecule has 0 amide bonds. The van der Waals surface area contributed by atoms with Gasteiger partial charge in [-0.15, -0.1) is 11.3 Å². The molecule has 0 aromatic carbocycles. The Kier molecular flexibility index (Phi) is 2.67. The summed E-state index contributed by atoms with van der Waals surface area (Å²) in [5, 5.41) is 9.28. The first-order valence-electron chi connectivity index (χ1n) is 5.36. The molecule has 5 nitrogen and oxygen atoms in total. The van der Waals surface area contributed by atoms with Gasteiger partial charge in [-0.05, 0) is 25.9 Å². The van der Waals surface area contributed by atoms with Crippen LogP contribution < -0.4 is 5.32 Å². The fraction of sp³-hybridized carbons (Fsp3) is 0.500. The molecule has 3 heterocycles. The molecule has 0 spiro atoms. The van der Waals surface area contributed by atoms with Crippen LogP contribution in [0.25, 0.3) is 11.6 Å². The Bertz CT molecular complexity index is 447. The summed E-state index contributed by atoms with van der Waals surface area (Å²) < 4.78 is 5.22. The van der Waals surface area contributed by atoms with E-state index in [-0.39, 0.29) is 0 Å². The van der Waals surface area contributed by atoms with Gasteiger partial charge in [0.2, 0.25) is 0 Å². The molecule has 1 fully saturated rings. The minimum Gasteiger partial charge on any atom is -0.332 e. The van der Waals surface area contributed by atoms with E-state index < -0.39 is 0 Å². The second kappa shape index (κ2) is 4.31. The molecule has 0 saturated carbocycles. The summed E-state index contributed by atoms with van der Waals surface area (Å²) in [5.41, 5.74) is 2.54. The third-order valence-corrected chi connectivity index (χ3v) is 3.38. The molecule has 0 unspecified atom stereocenters. The lowest BCUT2D eigenvalue weighted by Gasteiger charge is -2.18. The van der Waals surface area contributed by atoms with Crippen molar-refractivity contribution in [1.29, 1.82) is 0 Å². The molecule has 84 valence electrons. The van der Waals surface area contributed by atoms with Crippen molar-refractivity contribution in [2.24, 2.45) is 0 Å². The summed E-state index contributed by atoms with van der Waals surface area (Å²) in [6.45, 7) is 2.07. The second-order valence-electron chi connectivity index (χ2n) is 3.86. The molecular formula is C10H12N4OS. The quantitative estimate of drug-likeness (QED) is 0.859. The van der Waals surface area contributed by atoms with Crippen LogP contribution in [0.3, 0.4) is 0 Å². The Labute approximate surface area is 96.9 Å².